The molecule has 0 atom stereocenters. The number of pyridine rings is 1. The number of nitrogens with zero attached hydrogens (tertiary/aromatic N) is 3. The number of hydrogen-bond donors (Lipinski definition) is 1. The number of amides is 1. The third kappa shape index (κ3) is 4.09. The SMILES string of the molecule is CCN(CC)c1ncccc1CNC(=O)Cc1c(C)noc1C. The van der Waals surface area contributed by atoms with Crippen LogP contribution in [0, 0.1) is 13.8 Å². The number of hydrogen-bond acceptors (Lipinski definition) is 5. The summed E-state index contributed by atoms with van der Waals surface area (Å²) in [5.41, 5.74) is 2.64. The summed E-state index contributed by atoms with van der Waals surface area (Å²) in [7, 11) is 0. The molecule has 0 bridgehead atoms. The van der Waals surface area contributed by atoms with E-state index < -0.39 is 0 Å². The lowest BCUT2D eigenvalue weighted by atomic mass is 10.1. The van der Waals surface area contributed by atoms with Crippen molar-refractivity contribution in [3.05, 3.63) is 40.9 Å². The van der Waals surface area contributed by atoms with Crippen LogP contribution in [0.1, 0.15) is 36.4 Å². The Morgan fingerprint density at radius 1 is 1.30 bits per heavy atom. The first-order valence-corrected chi connectivity index (χ1v) is 7.94. The summed E-state index contributed by atoms with van der Waals surface area (Å²) in [5.74, 6) is 1.58. The molecule has 0 unspecified atom stereocenters. The fourth-order valence-electron chi connectivity index (χ4n) is 2.55. The van der Waals surface area contributed by atoms with Gasteiger partial charge in [0.15, 0.2) is 0 Å². The van der Waals surface area contributed by atoms with E-state index in [9.17, 15) is 4.79 Å². The summed E-state index contributed by atoms with van der Waals surface area (Å²) >= 11 is 0. The zero-order chi connectivity index (χ0) is 16.8. The van der Waals surface area contributed by atoms with E-state index in [1.807, 2.05) is 26.0 Å². The van der Waals surface area contributed by atoms with Gasteiger partial charge in [-0.1, -0.05) is 11.2 Å². The van der Waals surface area contributed by atoms with Gasteiger partial charge in [0.2, 0.25) is 5.91 Å². The number of aryl methyl sites for hydroxylation is 2. The Morgan fingerprint density at radius 3 is 2.65 bits per heavy atom. The van der Waals surface area contributed by atoms with E-state index in [1.165, 1.54) is 0 Å². The van der Waals surface area contributed by atoms with Crippen molar-refractivity contribution in [2.75, 3.05) is 18.0 Å². The Kier molecular flexibility index (Phi) is 5.73. The Labute approximate surface area is 136 Å². The van der Waals surface area contributed by atoms with Gasteiger partial charge in [-0.05, 0) is 33.8 Å². The zero-order valence-corrected chi connectivity index (χ0v) is 14.2. The van der Waals surface area contributed by atoms with Crippen LogP contribution in [0.5, 0.6) is 0 Å². The van der Waals surface area contributed by atoms with Crippen molar-refractivity contribution in [3.8, 4) is 0 Å². The van der Waals surface area contributed by atoms with Gasteiger partial charge in [0.1, 0.15) is 11.6 Å². The molecule has 2 rings (SSSR count). The molecule has 0 radical (unpaired) electrons. The minimum atomic E-state index is -0.0475. The van der Waals surface area contributed by atoms with Crippen molar-refractivity contribution in [3.63, 3.8) is 0 Å². The van der Waals surface area contributed by atoms with E-state index in [2.05, 4.69) is 34.2 Å². The monoisotopic (exact) mass is 316 g/mol. The molecular formula is C17H24N4O2. The van der Waals surface area contributed by atoms with Crippen LogP contribution in [0.15, 0.2) is 22.9 Å². The number of carbonyl (C=O) groups excluding carboxylic acids is 1. The van der Waals surface area contributed by atoms with Crippen LogP contribution >= 0.6 is 0 Å². The smallest absolute Gasteiger partial charge is 0.224 e. The molecule has 0 aliphatic heterocycles. The second-order valence-corrected chi connectivity index (χ2v) is 5.41. The summed E-state index contributed by atoms with van der Waals surface area (Å²) in [6.07, 6.45) is 2.06. The highest BCUT2D eigenvalue weighted by atomic mass is 16.5. The van der Waals surface area contributed by atoms with Crippen molar-refractivity contribution in [1.82, 2.24) is 15.5 Å². The van der Waals surface area contributed by atoms with Crippen molar-refractivity contribution in [2.45, 2.75) is 40.7 Å². The van der Waals surface area contributed by atoms with E-state index in [0.29, 0.717) is 12.3 Å². The molecule has 2 heterocycles. The van der Waals surface area contributed by atoms with Crippen molar-refractivity contribution in [1.29, 1.82) is 0 Å². The van der Waals surface area contributed by atoms with E-state index in [0.717, 1.165) is 35.7 Å². The Bertz CT molecular complexity index is 643. The molecule has 0 aromatic carbocycles. The van der Waals surface area contributed by atoms with Crippen LogP contribution in [-0.2, 0) is 17.8 Å². The second-order valence-electron chi connectivity index (χ2n) is 5.41. The standard InChI is InChI=1S/C17H24N4O2/c1-5-21(6-2)17-14(8-7-9-18-17)11-19-16(22)10-15-12(3)20-23-13(15)4/h7-9H,5-6,10-11H2,1-4H3,(H,19,22). The molecule has 0 aliphatic carbocycles. The third-order valence-corrected chi connectivity index (χ3v) is 3.93. The largest absolute Gasteiger partial charge is 0.361 e. The lowest BCUT2D eigenvalue weighted by Gasteiger charge is -2.22. The lowest BCUT2D eigenvalue weighted by Crippen LogP contribution is -2.28. The highest BCUT2D eigenvalue weighted by Crippen LogP contribution is 2.17. The maximum absolute atomic E-state index is 12.2. The number of rotatable bonds is 7. The maximum atomic E-state index is 12.2. The number of carbonyl (C=O) groups is 1. The molecule has 1 N–H and O–H groups in total. The molecule has 1 amide bonds. The predicted octanol–water partition coefficient (Wildman–Crippen LogP) is 2.39. The van der Waals surface area contributed by atoms with Gasteiger partial charge in [0.25, 0.3) is 0 Å². The molecule has 6 nitrogen and oxygen atoms in total. The first-order chi connectivity index (χ1) is 11.1. The van der Waals surface area contributed by atoms with Gasteiger partial charge in [-0.25, -0.2) is 4.98 Å². The summed E-state index contributed by atoms with van der Waals surface area (Å²) < 4.78 is 5.09. The topological polar surface area (TPSA) is 71.3 Å². The average molecular weight is 316 g/mol. The van der Waals surface area contributed by atoms with Gasteiger partial charge in [-0.15, -0.1) is 0 Å². The van der Waals surface area contributed by atoms with E-state index in [-0.39, 0.29) is 12.3 Å². The van der Waals surface area contributed by atoms with Crippen molar-refractivity contribution in [2.24, 2.45) is 0 Å². The quantitative estimate of drug-likeness (QED) is 0.849. The fourth-order valence-corrected chi connectivity index (χ4v) is 2.55. The Morgan fingerprint density at radius 2 is 2.04 bits per heavy atom. The second kappa shape index (κ2) is 7.76. The molecule has 0 saturated heterocycles. The van der Waals surface area contributed by atoms with E-state index >= 15 is 0 Å². The molecule has 124 valence electrons. The summed E-state index contributed by atoms with van der Waals surface area (Å²) in [6.45, 7) is 10.1. The molecule has 6 heteroatoms. The molecule has 0 fully saturated rings. The third-order valence-electron chi connectivity index (χ3n) is 3.93. The van der Waals surface area contributed by atoms with Crippen LogP contribution in [0.4, 0.5) is 5.82 Å². The highest BCUT2D eigenvalue weighted by molar-refractivity contribution is 5.79. The van der Waals surface area contributed by atoms with Crippen LogP contribution in [-0.4, -0.2) is 29.1 Å². The van der Waals surface area contributed by atoms with Crippen LogP contribution in [0.3, 0.4) is 0 Å². The molecule has 2 aromatic rings. The normalized spacial score (nSPS) is 10.6. The molecule has 23 heavy (non-hydrogen) atoms. The summed E-state index contributed by atoms with van der Waals surface area (Å²) in [4.78, 5) is 18.8. The van der Waals surface area contributed by atoms with E-state index in [1.54, 1.807) is 6.20 Å². The average Bonchev–Trinajstić information content (AvgIpc) is 2.87. The van der Waals surface area contributed by atoms with Gasteiger partial charge >= 0.3 is 0 Å². The summed E-state index contributed by atoms with van der Waals surface area (Å²) in [6, 6.07) is 3.89. The molecule has 0 saturated carbocycles. The minimum absolute atomic E-state index is 0.0475. The van der Waals surface area contributed by atoms with Gasteiger partial charge in [0.05, 0.1) is 12.1 Å². The molecule has 2 aromatic heterocycles. The number of nitrogens with one attached hydrogen (secondary N) is 1. The van der Waals surface area contributed by atoms with Gasteiger partial charge in [0, 0.05) is 37.0 Å². The fraction of sp³-hybridized carbons (Fsp3) is 0.471. The van der Waals surface area contributed by atoms with Crippen LogP contribution in [0.2, 0.25) is 0 Å². The van der Waals surface area contributed by atoms with Crippen molar-refractivity contribution >= 4 is 11.7 Å². The van der Waals surface area contributed by atoms with Gasteiger partial charge in [-0.3, -0.25) is 4.79 Å². The first-order valence-electron chi connectivity index (χ1n) is 7.94. The molecular weight excluding hydrogens is 292 g/mol. The van der Waals surface area contributed by atoms with Crippen LogP contribution < -0.4 is 10.2 Å². The summed E-state index contributed by atoms with van der Waals surface area (Å²) in [5, 5.41) is 6.84. The van der Waals surface area contributed by atoms with Gasteiger partial charge < -0.3 is 14.7 Å². The zero-order valence-electron chi connectivity index (χ0n) is 14.2. The maximum Gasteiger partial charge on any atom is 0.224 e. The first kappa shape index (κ1) is 17.0. The number of aromatic nitrogens is 2. The predicted molar refractivity (Wildman–Crippen MR) is 89.3 cm³/mol. The van der Waals surface area contributed by atoms with Crippen molar-refractivity contribution < 1.29 is 9.32 Å². The lowest BCUT2D eigenvalue weighted by molar-refractivity contribution is -0.120. The molecule has 0 spiro atoms. The minimum Gasteiger partial charge on any atom is -0.361 e. The highest BCUT2D eigenvalue weighted by Gasteiger charge is 2.14. The van der Waals surface area contributed by atoms with E-state index in [4.69, 9.17) is 4.52 Å². The number of anilines is 1. The Hall–Kier alpha value is -2.37. The molecule has 0 aliphatic rings. The Balaban J connectivity index is 2.02. The van der Waals surface area contributed by atoms with Crippen LogP contribution in [0.25, 0.3) is 0 Å². The van der Waals surface area contributed by atoms with Gasteiger partial charge in [-0.2, -0.15) is 0 Å².